The summed E-state index contributed by atoms with van der Waals surface area (Å²) in [6.07, 6.45) is -0.114. The first-order chi connectivity index (χ1) is 11.4. The Bertz CT molecular complexity index is 972. The van der Waals surface area contributed by atoms with E-state index in [1.165, 1.54) is 23.0 Å². The van der Waals surface area contributed by atoms with Crippen LogP contribution in [0.1, 0.15) is 18.7 Å². The van der Waals surface area contributed by atoms with Gasteiger partial charge in [0.1, 0.15) is 0 Å². The van der Waals surface area contributed by atoms with Crippen LogP contribution in [0.15, 0.2) is 23.3 Å². The van der Waals surface area contributed by atoms with Gasteiger partial charge >= 0.3 is 6.18 Å². The van der Waals surface area contributed by atoms with E-state index in [0.29, 0.717) is 13.2 Å². The number of hydrogen-bond donors (Lipinski definition) is 0. The van der Waals surface area contributed by atoms with Gasteiger partial charge in [-0.1, -0.05) is 0 Å². The zero-order valence-corrected chi connectivity index (χ0v) is 12.3. The predicted molar refractivity (Wildman–Crippen MR) is 76.5 cm³/mol. The van der Waals surface area contributed by atoms with Gasteiger partial charge in [0.2, 0.25) is 0 Å². The second kappa shape index (κ2) is 5.26. The van der Waals surface area contributed by atoms with Gasteiger partial charge in [-0.15, -0.1) is 5.10 Å². The molecule has 0 unspecified atom stereocenters. The number of aromatic nitrogens is 5. The van der Waals surface area contributed by atoms with Gasteiger partial charge in [-0.25, -0.2) is 4.98 Å². The molecule has 0 amide bonds. The van der Waals surface area contributed by atoms with Crippen LogP contribution in [-0.2, 0) is 17.5 Å². The summed E-state index contributed by atoms with van der Waals surface area (Å²) in [5.41, 5.74) is -0.113. The van der Waals surface area contributed by atoms with Gasteiger partial charge in [0, 0.05) is 19.0 Å². The minimum atomic E-state index is -4.67. The summed E-state index contributed by atoms with van der Waals surface area (Å²) in [5, 5.41) is 3.61. The molecule has 7 nitrogen and oxygen atoms in total. The van der Waals surface area contributed by atoms with Gasteiger partial charge in [-0.2, -0.15) is 22.7 Å². The zero-order valence-electron chi connectivity index (χ0n) is 12.3. The Kier molecular flexibility index (Phi) is 3.30. The molecule has 10 heteroatoms. The van der Waals surface area contributed by atoms with Crippen molar-refractivity contribution >= 4 is 16.7 Å². The molecule has 0 aromatic carbocycles. The number of rotatable bonds is 2. The van der Waals surface area contributed by atoms with Crippen LogP contribution in [0.4, 0.5) is 13.2 Å². The fourth-order valence-corrected chi connectivity index (χ4v) is 2.83. The molecule has 0 bridgehead atoms. The molecule has 1 fully saturated rings. The number of pyridine rings is 1. The van der Waals surface area contributed by atoms with Crippen molar-refractivity contribution < 1.29 is 17.9 Å². The van der Waals surface area contributed by atoms with Crippen molar-refractivity contribution in [3.8, 4) is 0 Å². The Balaban J connectivity index is 1.84. The quantitative estimate of drug-likeness (QED) is 0.710. The molecule has 24 heavy (non-hydrogen) atoms. The maximum atomic E-state index is 12.8. The van der Waals surface area contributed by atoms with E-state index < -0.39 is 12.0 Å². The summed E-state index contributed by atoms with van der Waals surface area (Å²) in [5.74, 6) is -1.49. The Morgan fingerprint density at radius 2 is 2.21 bits per heavy atom. The molecule has 4 rings (SSSR count). The molecule has 3 aromatic rings. The largest absolute Gasteiger partial charge is 0.453 e. The molecule has 1 aliphatic rings. The molecule has 1 atom stereocenters. The SMILES string of the molecule is O=c1c2cnc3nc(C(F)(F)F)nn3c2ccn1C[C@@H]1CCCO1. The summed E-state index contributed by atoms with van der Waals surface area (Å²) in [7, 11) is 0. The molecule has 0 saturated carbocycles. The molecule has 0 spiro atoms. The van der Waals surface area contributed by atoms with Crippen LogP contribution in [0.5, 0.6) is 0 Å². The van der Waals surface area contributed by atoms with E-state index in [4.69, 9.17) is 4.74 Å². The van der Waals surface area contributed by atoms with Gasteiger partial charge in [0.05, 0.1) is 23.6 Å². The molecule has 4 heterocycles. The third-order valence-electron chi connectivity index (χ3n) is 3.98. The Morgan fingerprint density at radius 1 is 1.38 bits per heavy atom. The molecular weight excluding hydrogens is 327 g/mol. The van der Waals surface area contributed by atoms with Crippen molar-refractivity contribution in [3.63, 3.8) is 0 Å². The number of ether oxygens (including phenoxy) is 1. The van der Waals surface area contributed by atoms with E-state index in [-0.39, 0.29) is 28.3 Å². The van der Waals surface area contributed by atoms with Crippen molar-refractivity contribution in [1.82, 2.24) is 24.1 Å². The van der Waals surface area contributed by atoms with Crippen molar-refractivity contribution in [2.75, 3.05) is 6.61 Å². The molecule has 3 aromatic heterocycles. The highest BCUT2D eigenvalue weighted by Crippen LogP contribution is 2.26. The minimum absolute atomic E-state index is 0.0277. The Morgan fingerprint density at radius 3 is 2.92 bits per heavy atom. The standard InChI is InChI=1S/C14H12F3N5O2/c15-14(16,17)12-19-13-18-6-9-10(22(13)20-12)3-4-21(11(9)23)7-8-2-1-5-24-8/h3-4,6,8H,1-2,5,7H2/t8-/m0/s1. The lowest BCUT2D eigenvalue weighted by Gasteiger charge is -2.12. The lowest BCUT2D eigenvalue weighted by Crippen LogP contribution is -2.26. The normalized spacial score (nSPS) is 18.7. The van der Waals surface area contributed by atoms with Crippen LogP contribution in [-0.4, -0.2) is 36.9 Å². The fraction of sp³-hybridized carbons (Fsp3) is 0.429. The smallest absolute Gasteiger partial charge is 0.376 e. The Hall–Kier alpha value is -2.49. The average molecular weight is 339 g/mol. The second-order valence-electron chi connectivity index (χ2n) is 5.61. The first-order valence-electron chi connectivity index (χ1n) is 7.37. The maximum absolute atomic E-state index is 12.8. The van der Waals surface area contributed by atoms with Gasteiger partial charge < -0.3 is 9.30 Å². The van der Waals surface area contributed by atoms with Crippen molar-refractivity contribution in [1.29, 1.82) is 0 Å². The van der Waals surface area contributed by atoms with Crippen LogP contribution in [0, 0.1) is 0 Å². The number of nitrogens with zero attached hydrogens (tertiary/aromatic N) is 5. The molecular formula is C14H12F3N5O2. The van der Waals surface area contributed by atoms with Crippen molar-refractivity contribution in [3.05, 3.63) is 34.6 Å². The van der Waals surface area contributed by atoms with E-state index >= 15 is 0 Å². The molecule has 1 aliphatic heterocycles. The van der Waals surface area contributed by atoms with E-state index in [1.807, 2.05) is 0 Å². The summed E-state index contributed by atoms with van der Waals surface area (Å²) in [6, 6.07) is 1.54. The lowest BCUT2D eigenvalue weighted by atomic mass is 10.2. The molecule has 0 aliphatic carbocycles. The first-order valence-corrected chi connectivity index (χ1v) is 7.37. The zero-order chi connectivity index (χ0) is 16.9. The van der Waals surface area contributed by atoms with Gasteiger partial charge in [0.15, 0.2) is 0 Å². The highest BCUT2D eigenvalue weighted by Gasteiger charge is 2.36. The summed E-state index contributed by atoms with van der Waals surface area (Å²) >= 11 is 0. The highest BCUT2D eigenvalue weighted by molar-refractivity contribution is 5.78. The third-order valence-corrected chi connectivity index (χ3v) is 3.98. The number of halogens is 3. The van der Waals surface area contributed by atoms with Crippen molar-refractivity contribution in [2.24, 2.45) is 0 Å². The van der Waals surface area contributed by atoms with Gasteiger partial charge in [-0.3, -0.25) is 4.79 Å². The topological polar surface area (TPSA) is 74.3 Å². The monoisotopic (exact) mass is 339 g/mol. The van der Waals surface area contributed by atoms with Gasteiger partial charge in [0.25, 0.3) is 17.2 Å². The average Bonchev–Trinajstić information content (AvgIpc) is 3.18. The van der Waals surface area contributed by atoms with Crippen LogP contribution in [0.2, 0.25) is 0 Å². The maximum Gasteiger partial charge on any atom is 0.453 e. The Labute approximate surface area is 132 Å². The molecule has 0 N–H and O–H groups in total. The summed E-state index contributed by atoms with van der Waals surface area (Å²) in [6.45, 7) is 1.08. The van der Waals surface area contributed by atoms with Crippen LogP contribution < -0.4 is 5.56 Å². The third kappa shape index (κ3) is 2.42. The van der Waals surface area contributed by atoms with E-state index in [0.717, 1.165) is 17.4 Å². The number of hydrogen-bond acceptors (Lipinski definition) is 5. The van der Waals surface area contributed by atoms with E-state index in [9.17, 15) is 18.0 Å². The van der Waals surface area contributed by atoms with Crippen LogP contribution in [0.25, 0.3) is 16.7 Å². The molecule has 126 valence electrons. The predicted octanol–water partition coefficient (Wildman–Crippen LogP) is 1.64. The lowest BCUT2D eigenvalue weighted by molar-refractivity contribution is -0.144. The van der Waals surface area contributed by atoms with Crippen molar-refractivity contribution in [2.45, 2.75) is 31.7 Å². The number of fused-ring (bicyclic) bond motifs is 3. The van der Waals surface area contributed by atoms with E-state index in [1.54, 1.807) is 0 Å². The minimum Gasteiger partial charge on any atom is -0.376 e. The fourth-order valence-electron chi connectivity index (χ4n) is 2.83. The van der Waals surface area contributed by atoms with Crippen LogP contribution >= 0.6 is 0 Å². The second-order valence-corrected chi connectivity index (χ2v) is 5.61. The number of alkyl halides is 3. The summed E-state index contributed by atoms with van der Waals surface area (Å²) < 4.78 is 46.2. The molecule has 1 saturated heterocycles. The highest BCUT2D eigenvalue weighted by atomic mass is 19.4. The van der Waals surface area contributed by atoms with Crippen LogP contribution in [0.3, 0.4) is 0 Å². The first kappa shape index (κ1) is 15.1. The van der Waals surface area contributed by atoms with Gasteiger partial charge in [-0.05, 0) is 18.9 Å². The summed E-state index contributed by atoms with van der Waals surface area (Å²) in [4.78, 5) is 19.7. The molecule has 0 radical (unpaired) electrons. The van der Waals surface area contributed by atoms with E-state index in [2.05, 4.69) is 15.1 Å².